The molecule has 0 radical (unpaired) electrons. The lowest BCUT2D eigenvalue weighted by atomic mass is 9.92. The minimum atomic E-state index is 0.359. The third kappa shape index (κ3) is 3.84. The molecule has 0 aliphatic heterocycles. The molecule has 3 nitrogen and oxygen atoms in total. The molecule has 0 spiro atoms. The molecular weight excluding hydrogens is 222 g/mol. The van der Waals surface area contributed by atoms with Crippen molar-refractivity contribution < 1.29 is 0 Å². The second kappa shape index (κ2) is 6.37. The molecule has 0 saturated heterocycles. The van der Waals surface area contributed by atoms with Crippen LogP contribution in [0.2, 0.25) is 0 Å². The summed E-state index contributed by atoms with van der Waals surface area (Å²) in [4.78, 5) is 0. The Labute approximate surface area is 112 Å². The van der Waals surface area contributed by atoms with Gasteiger partial charge in [-0.1, -0.05) is 34.6 Å². The Morgan fingerprint density at radius 1 is 1.17 bits per heavy atom. The van der Waals surface area contributed by atoms with Crippen molar-refractivity contribution in [3.05, 3.63) is 17.0 Å². The number of hydrogen-bond donors (Lipinski definition) is 1. The first-order valence-electron chi connectivity index (χ1n) is 7.20. The fourth-order valence-corrected chi connectivity index (χ4v) is 2.33. The second-order valence-corrected chi connectivity index (χ2v) is 6.15. The number of rotatable bonds is 6. The number of nitrogens with two attached hydrogens (primary N) is 1. The van der Waals surface area contributed by atoms with Gasteiger partial charge >= 0.3 is 0 Å². The number of hydrogen-bond acceptors (Lipinski definition) is 2. The standard InChI is InChI=1S/C15H29N3/c1-6-13-12(8-10-16)14(7-2)18(17-13)11-9-15(3,4)5/h6-11,16H2,1-5H3. The van der Waals surface area contributed by atoms with E-state index in [2.05, 4.69) is 39.3 Å². The molecule has 0 saturated carbocycles. The van der Waals surface area contributed by atoms with E-state index >= 15 is 0 Å². The van der Waals surface area contributed by atoms with Crippen molar-refractivity contribution in [1.29, 1.82) is 0 Å². The van der Waals surface area contributed by atoms with Crippen molar-refractivity contribution in [3.63, 3.8) is 0 Å². The minimum absolute atomic E-state index is 0.359. The highest BCUT2D eigenvalue weighted by Crippen LogP contribution is 2.22. The van der Waals surface area contributed by atoms with E-state index in [1.54, 1.807) is 0 Å². The third-order valence-electron chi connectivity index (χ3n) is 3.39. The summed E-state index contributed by atoms with van der Waals surface area (Å²) in [7, 11) is 0. The van der Waals surface area contributed by atoms with Gasteiger partial charge in [-0.3, -0.25) is 4.68 Å². The van der Waals surface area contributed by atoms with Crippen molar-refractivity contribution in [2.75, 3.05) is 6.54 Å². The van der Waals surface area contributed by atoms with Crippen LogP contribution in [0.4, 0.5) is 0 Å². The molecule has 3 heteroatoms. The zero-order valence-electron chi connectivity index (χ0n) is 12.7. The SMILES string of the molecule is CCc1nn(CCC(C)(C)C)c(CC)c1CCN. The van der Waals surface area contributed by atoms with E-state index in [1.807, 2.05) is 0 Å². The second-order valence-electron chi connectivity index (χ2n) is 6.15. The highest BCUT2D eigenvalue weighted by Gasteiger charge is 2.17. The van der Waals surface area contributed by atoms with Crippen LogP contribution < -0.4 is 5.73 Å². The van der Waals surface area contributed by atoms with Gasteiger partial charge < -0.3 is 5.73 Å². The highest BCUT2D eigenvalue weighted by atomic mass is 15.3. The predicted octanol–water partition coefficient (Wildman–Crippen LogP) is 2.95. The predicted molar refractivity (Wildman–Crippen MR) is 77.8 cm³/mol. The molecule has 0 unspecified atom stereocenters. The topological polar surface area (TPSA) is 43.8 Å². The van der Waals surface area contributed by atoms with Gasteiger partial charge in [-0.05, 0) is 43.2 Å². The maximum absolute atomic E-state index is 5.72. The largest absolute Gasteiger partial charge is 0.330 e. The molecule has 0 aromatic carbocycles. The van der Waals surface area contributed by atoms with Gasteiger partial charge in [0.15, 0.2) is 0 Å². The molecule has 104 valence electrons. The first-order chi connectivity index (χ1) is 8.42. The van der Waals surface area contributed by atoms with Gasteiger partial charge in [0.1, 0.15) is 0 Å². The third-order valence-corrected chi connectivity index (χ3v) is 3.39. The van der Waals surface area contributed by atoms with Crippen molar-refractivity contribution in [2.24, 2.45) is 11.1 Å². The van der Waals surface area contributed by atoms with Gasteiger partial charge in [0.2, 0.25) is 0 Å². The Kier molecular flexibility index (Phi) is 5.39. The molecule has 0 atom stereocenters. The average Bonchev–Trinajstić information content (AvgIpc) is 2.63. The Morgan fingerprint density at radius 2 is 1.83 bits per heavy atom. The maximum Gasteiger partial charge on any atom is 0.0657 e. The molecule has 0 bridgehead atoms. The molecule has 0 amide bonds. The fourth-order valence-electron chi connectivity index (χ4n) is 2.33. The summed E-state index contributed by atoms with van der Waals surface area (Å²) in [5.41, 5.74) is 10.1. The van der Waals surface area contributed by atoms with E-state index < -0.39 is 0 Å². The van der Waals surface area contributed by atoms with Gasteiger partial charge in [-0.2, -0.15) is 5.10 Å². The summed E-state index contributed by atoms with van der Waals surface area (Å²) >= 11 is 0. The van der Waals surface area contributed by atoms with Crippen molar-refractivity contribution >= 4 is 0 Å². The molecule has 1 aromatic heterocycles. The van der Waals surface area contributed by atoms with Crippen LogP contribution in [-0.4, -0.2) is 16.3 Å². The van der Waals surface area contributed by atoms with E-state index in [1.165, 1.54) is 17.0 Å². The molecule has 18 heavy (non-hydrogen) atoms. The van der Waals surface area contributed by atoms with Gasteiger partial charge in [0.05, 0.1) is 5.69 Å². The van der Waals surface area contributed by atoms with Gasteiger partial charge in [-0.25, -0.2) is 0 Å². The van der Waals surface area contributed by atoms with Crippen LogP contribution in [0.15, 0.2) is 0 Å². The Bertz CT molecular complexity index is 372. The number of nitrogens with zero attached hydrogens (tertiary/aromatic N) is 2. The quantitative estimate of drug-likeness (QED) is 0.845. The first-order valence-corrected chi connectivity index (χ1v) is 7.20. The van der Waals surface area contributed by atoms with Crippen LogP contribution in [0, 0.1) is 5.41 Å². The van der Waals surface area contributed by atoms with E-state index in [4.69, 9.17) is 10.8 Å². The Balaban J connectivity index is 2.96. The Hall–Kier alpha value is -0.830. The maximum atomic E-state index is 5.72. The van der Waals surface area contributed by atoms with Crippen molar-refractivity contribution in [1.82, 2.24) is 9.78 Å². The lowest BCUT2D eigenvalue weighted by molar-refractivity contribution is 0.337. The minimum Gasteiger partial charge on any atom is -0.330 e. The summed E-state index contributed by atoms with van der Waals surface area (Å²) in [6.07, 6.45) is 4.17. The molecular formula is C15H29N3. The van der Waals surface area contributed by atoms with Crippen LogP contribution >= 0.6 is 0 Å². The normalized spacial score (nSPS) is 12.1. The van der Waals surface area contributed by atoms with Crippen LogP contribution in [-0.2, 0) is 25.8 Å². The van der Waals surface area contributed by atoms with E-state index in [0.29, 0.717) is 12.0 Å². The first kappa shape index (κ1) is 15.2. The van der Waals surface area contributed by atoms with E-state index in [-0.39, 0.29) is 0 Å². The highest BCUT2D eigenvalue weighted by molar-refractivity contribution is 5.27. The zero-order chi connectivity index (χ0) is 13.8. The fraction of sp³-hybridized carbons (Fsp3) is 0.800. The van der Waals surface area contributed by atoms with E-state index in [0.717, 1.165) is 32.2 Å². The molecule has 2 N–H and O–H groups in total. The summed E-state index contributed by atoms with van der Waals surface area (Å²) in [5, 5.41) is 4.78. The molecule has 0 aliphatic carbocycles. The molecule has 1 aromatic rings. The molecule has 1 rings (SSSR count). The van der Waals surface area contributed by atoms with Gasteiger partial charge in [-0.15, -0.1) is 0 Å². The molecule has 1 heterocycles. The molecule has 0 aliphatic rings. The van der Waals surface area contributed by atoms with Crippen LogP contribution in [0.1, 0.15) is 58.0 Å². The number of aryl methyl sites for hydroxylation is 2. The summed E-state index contributed by atoms with van der Waals surface area (Å²) in [6, 6.07) is 0. The summed E-state index contributed by atoms with van der Waals surface area (Å²) in [6.45, 7) is 13.0. The average molecular weight is 251 g/mol. The summed E-state index contributed by atoms with van der Waals surface area (Å²) in [5.74, 6) is 0. The smallest absolute Gasteiger partial charge is 0.0657 e. The summed E-state index contributed by atoms with van der Waals surface area (Å²) < 4.78 is 2.22. The molecule has 0 fully saturated rings. The number of aromatic nitrogens is 2. The monoisotopic (exact) mass is 251 g/mol. The lowest BCUT2D eigenvalue weighted by Crippen LogP contribution is -2.13. The van der Waals surface area contributed by atoms with Gasteiger partial charge in [0.25, 0.3) is 0 Å². The lowest BCUT2D eigenvalue weighted by Gasteiger charge is -2.18. The van der Waals surface area contributed by atoms with E-state index in [9.17, 15) is 0 Å². The van der Waals surface area contributed by atoms with Crippen molar-refractivity contribution in [2.45, 2.75) is 66.8 Å². The van der Waals surface area contributed by atoms with Crippen LogP contribution in [0.25, 0.3) is 0 Å². The Morgan fingerprint density at radius 3 is 2.28 bits per heavy atom. The van der Waals surface area contributed by atoms with Crippen LogP contribution in [0.3, 0.4) is 0 Å². The zero-order valence-corrected chi connectivity index (χ0v) is 12.7. The van der Waals surface area contributed by atoms with Gasteiger partial charge in [0, 0.05) is 12.2 Å². The van der Waals surface area contributed by atoms with Crippen molar-refractivity contribution in [3.8, 4) is 0 Å². The van der Waals surface area contributed by atoms with Crippen LogP contribution in [0.5, 0.6) is 0 Å².